The molecule has 1 heterocycles. The lowest BCUT2D eigenvalue weighted by atomic mass is 9.95. The van der Waals surface area contributed by atoms with Crippen LogP contribution in [0.15, 0.2) is 102 Å². The molecule has 0 saturated carbocycles. The van der Waals surface area contributed by atoms with Gasteiger partial charge in [0.1, 0.15) is 0 Å². The van der Waals surface area contributed by atoms with Gasteiger partial charge in [0.05, 0.1) is 17.6 Å². The molecule has 0 aliphatic heterocycles. The van der Waals surface area contributed by atoms with E-state index >= 15 is 0 Å². The normalized spacial score (nSPS) is 11.1. The summed E-state index contributed by atoms with van der Waals surface area (Å²) in [6.45, 7) is 2.15. The Bertz CT molecular complexity index is 1090. The summed E-state index contributed by atoms with van der Waals surface area (Å²) in [5.74, 6) is 0. The number of rotatable bonds is 6. The van der Waals surface area contributed by atoms with Gasteiger partial charge in [-0.05, 0) is 59.7 Å². The van der Waals surface area contributed by atoms with Gasteiger partial charge in [-0.3, -0.25) is 9.98 Å². The highest BCUT2D eigenvalue weighted by Crippen LogP contribution is 2.29. The van der Waals surface area contributed by atoms with Gasteiger partial charge in [-0.2, -0.15) is 0 Å². The minimum absolute atomic E-state index is 0.860. The Balaban J connectivity index is 1.71. The monoisotopic (exact) mass is 376 g/mol. The fourth-order valence-corrected chi connectivity index (χ4v) is 3.59. The lowest BCUT2D eigenvalue weighted by Gasteiger charge is -2.13. The summed E-state index contributed by atoms with van der Waals surface area (Å²) >= 11 is 0. The summed E-state index contributed by atoms with van der Waals surface area (Å²) in [4.78, 5) is 9.19. The average molecular weight is 377 g/mol. The van der Waals surface area contributed by atoms with Crippen molar-refractivity contribution in [1.82, 2.24) is 4.98 Å². The van der Waals surface area contributed by atoms with Crippen LogP contribution in [0.4, 0.5) is 5.69 Å². The molecule has 0 amide bonds. The standard InChI is InChI=1S/C27H24N2/c1-21-16-24(17-22-10-4-2-5-11-22)19-25(18-23-12-6-3-7-13-23)27(21)29-20-26-14-8-9-15-28-26/h2-16,19-20H,17-18H2,1H3. The van der Waals surface area contributed by atoms with E-state index < -0.39 is 0 Å². The first-order chi connectivity index (χ1) is 14.3. The minimum atomic E-state index is 0.860. The Labute approximate surface area is 172 Å². The van der Waals surface area contributed by atoms with Gasteiger partial charge in [-0.1, -0.05) is 78.9 Å². The predicted octanol–water partition coefficient (Wildman–Crippen LogP) is 6.32. The quantitative estimate of drug-likeness (QED) is 0.361. The van der Waals surface area contributed by atoms with Gasteiger partial charge in [-0.25, -0.2) is 0 Å². The number of benzene rings is 3. The summed E-state index contributed by atoms with van der Waals surface area (Å²) in [6.07, 6.45) is 5.43. The zero-order chi connectivity index (χ0) is 19.9. The van der Waals surface area contributed by atoms with Crippen molar-refractivity contribution in [2.45, 2.75) is 19.8 Å². The summed E-state index contributed by atoms with van der Waals surface area (Å²) in [5, 5.41) is 0. The molecule has 0 atom stereocenters. The van der Waals surface area contributed by atoms with Crippen LogP contribution in [-0.2, 0) is 12.8 Å². The molecule has 142 valence electrons. The van der Waals surface area contributed by atoms with E-state index in [9.17, 15) is 0 Å². The van der Waals surface area contributed by atoms with Gasteiger partial charge in [0, 0.05) is 6.20 Å². The van der Waals surface area contributed by atoms with Crippen molar-refractivity contribution in [2.24, 2.45) is 4.99 Å². The molecule has 3 aromatic carbocycles. The van der Waals surface area contributed by atoms with Crippen molar-refractivity contribution in [3.05, 3.63) is 131 Å². The molecule has 1 aromatic heterocycles. The Morgan fingerprint density at radius 1 is 0.724 bits per heavy atom. The number of nitrogens with zero attached hydrogens (tertiary/aromatic N) is 2. The van der Waals surface area contributed by atoms with Crippen molar-refractivity contribution >= 4 is 11.9 Å². The van der Waals surface area contributed by atoms with E-state index in [1.807, 2.05) is 24.4 Å². The fraction of sp³-hybridized carbons (Fsp3) is 0.111. The minimum Gasteiger partial charge on any atom is -0.255 e. The molecule has 4 aromatic rings. The highest BCUT2D eigenvalue weighted by molar-refractivity contribution is 5.80. The van der Waals surface area contributed by atoms with Gasteiger partial charge < -0.3 is 0 Å². The fourth-order valence-electron chi connectivity index (χ4n) is 3.59. The van der Waals surface area contributed by atoms with Crippen molar-refractivity contribution in [3.63, 3.8) is 0 Å². The average Bonchev–Trinajstić information content (AvgIpc) is 2.75. The van der Waals surface area contributed by atoms with Gasteiger partial charge in [-0.15, -0.1) is 0 Å². The van der Waals surface area contributed by atoms with E-state index in [1.54, 1.807) is 6.20 Å². The van der Waals surface area contributed by atoms with Gasteiger partial charge in [0.15, 0.2) is 0 Å². The third-order valence-corrected chi connectivity index (χ3v) is 4.94. The largest absolute Gasteiger partial charge is 0.255 e. The first-order valence-electron chi connectivity index (χ1n) is 9.93. The molecular weight excluding hydrogens is 352 g/mol. The number of pyridine rings is 1. The third-order valence-electron chi connectivity index (χ3n) is 4.94. The van der Waals surface area contributed by atoms with Crippen molar-refractivity contribution in [2.75, 3.05) is 0 Å². The highest BCUT2D eigenvalue weighted by atomic mass is 14.8. The van der Waals surface area contributed by atoms with E-state index in [1.165, 1.54) is 27.8 Å². The molecule has 4 rings (SSSR count). The predicted molar refractivity (Wildman–Crippen MR) is 121 cm³/mol. The number of hydrogen-bond donors (Lipinski definition) is 0. The maximum Gasteiger partial charge on any atom is 0.0812 e. The Hall–Kier alpha value is -3.52. The topological polar surface area (TPSA) is 25.2 Å². The first kappa shape index (κ1) is 18.8. The molecule has 0 N–H and O–H groups in total. The molecule has 2 nitrogen and oxygen atoms in total. The Morgan fingerprint density at radius 2 is 1.38 bits per heavy atom. The SMILES string of the molecule is Cc1cc(Cc2ccccc2)cc(Cc2ccccc2)c1N=Cc1ccccn1. The van der Waals surface area contributed by atoms with Crippen LogP contribution < -0.4 is 0 Å². The van der Waals surface area contributed by atoms with Crippen molar-refractivity contribution < 1.29 is 0 Å². The van der Waals surface area contributed by atoms with E-state index in [0.717, 1.165) is 24.2 Å². The second-order valence-electron chi connectivity index (χ2n) is 7.26. The van der Waals surface area contributed by atoms with E-state index in [0.29, 0.717) is 0 Å². The van der Waals surface area contributed by atoms with Crippen LogP contribution in [0.5, 0.6) is 0 Å². The van der Waals surface area contributed by atoms with Crippen LogP contribution in [0.2, 0.25) is 0 Å². The summed E-state index contributed by atoms with van der Waals surface area (Å²) in [5.41, 5.74) is 8.27. The van der Waals surface area contributed by atoms with Crippen LogP contribution in [0.1, 0.15) is 33.5 Å². The van der Waals surface area contributed by atoms with E-state index in [4.69, 9.17) is 4.99 Å². The van der Waals surface area contributed by atoms with Crippen LogP contribution in [0, 0.1) is 6.92 Å². The molecule has 0 bridgehead atoms. The summed E-state index contributed by atoms with van der Waals surface area (Å²) < 4.78 is 0. The van der Waals surface area contributed by atoms with Crippen molar-refractivity contribution in [3.8, 4) is 0 Å². The van der Waals surface area contributed by atoms with Crippen molar-refractivity contribution in [1.29, 1.82) is 0 Å². The summed E-state index contributed by atoms with van der Waals surface area (Å²) in [6, 6.07) is 31.6. The van der Waals surface area contributed by atoms with Gasteiger partial charge >= 0.3 is 0 Å². The molecule has 29 heavy (non-hydrogen) atoms. The molecule has 0 aliphatic rings. The van der Waals surface area contributed by atoms with Gasteiger partial charge in [0.25, 0.3) is 0 Å². The molecule has 0 aliphatic carbocycles. The number of aryl methyl sites for hydroxylation is 1. The number of hydrogen-bond acceptors (Lipinski definition) is 2. The molecule has 0 fully saturated rings. The molecular formula is C27H24N2. The number of aromatic nitrogens is 1. The zero-order valence-electron chi connectivity index (χ0n) is 16.6. The first-order valence-corrected chi connectivity index (χ1v) is 9.93. The molecule has 0 saturated heterocycles. The molecule has 0 unspecified atom stereocenters. The lowest BCUT2D eigenvalue weighted by molar-refractivity contribution is 1.12. The van der Waals surface area contributed by atoms with Crippen LogP contribution in [0.3, 0.4) is 0 Å². The van der Waals surface area contributed by atoms with Crippen LogP contribution >= 0.6 is 0 Å². The van der Waals surface area contributed by atoms with Crippen LogP contribution in [0.25, 0.3) is 0 Å². The zero-order valence-corrected chi connectivity index (χ0v) is 16.6. The maximum atomic E-state index is 4.83. The molecule has 2 heteroatoms. The van der Waals surface area contributed by atoms with Gasteiger partial charge in [0.2, 0.25) is 0 Å². The Morgan fingerprint density at radius 3 is 2.03 bits per heavy atom. The van der Waals surface area contributed by atoms with E-state index in [-0.39, 0.29) is 0 Å². The van der Waals surface area contributed by atoms with E-state index in [2.05, 4.69) is 84.7 Å². The second kappa shape index (κ2) is 9.11. The molecule has 0 spiro atoms. The lowest BCUT2D eigenvalue weighted by Crippen LogP contribution is -1.96. The smallest absolute Gasteiger partial charge is 0.0812 e. The second-order valence-corrected chi connectivity index (χ2v) is 7.26. The molecule has 0 radical (unpaired) electrons. The maximum absolute atomic E-state index is 4.83. The number of aliphatic imine (C=N–C) groups is 1. The Kier molecular flexibility index (Phi) is 5.92. The highest BCUT2D eigenvalue weighted by Gasteiger charge is 2.09. The van der Waals surface area contributed by atoms with Crippen LogP contribution in [-0.4, -0.2) is 11.2 Å². The third kappa shape index (κ3) is 5.05. The summed E-state index contributed by atoms with van der Waals surface area (Å²) in [7, 11) is 0.